The summed E-state index contributed by atoms with van der Waals surface area (Å²) >= 11 is 0. The van der Waals surface area contributed by atoms with Crippen LogP contribution in [0.2, 0.25) is 0 Å². The van der Waals surface area contributed by atoms with E-state index in [0.717, 1.165) is 5.56 Å². The third-order valence-electron chi connectivity index (χ3n) is 2.18. The van der Waals surface area contributed by atoms with Gasteiger partial charge in [-0.3, -0.25) is 0 Å². The second-order valence-corrected chi connectivity index (χ2v) is 4.17. The SMILES string of the molecule is COc1cc(CNOCC(C)C)ccc1C#N. The van der Waals surface area contributed by atoms with Crippen molar-refractivity contribution in [2.45, 2.75) is 20.4 Å². The number of rotatable bonds is 6. The second kappa shape index (κ2) is 6.89. The summed E-state index contributed by atoms with van der Waals surface area (Å²) in [5.74, 6) is 1.09. The van der Waals surface area contributed by atoms with E-state index in [-0.39, 0.29) is 0 Å². The van der Waals surface area contributed by atoms with Gasteiger partial charge in [0.05, 0.1) is 19.3 Å². The summed E-state index contributed by atoms with van der Waals surface area (Å²) in [6, 6.07) is 7.55. The molecule has 0 amide bonds. The van der Waals surface area contributed by atoms with E-state index < -0.39 is 0 Å². The van der Waals surface area contributed by atoms with E-state index in [1.807, 2.05) is 12.1 Å². The molecular weight excluding hydrogens is 216 g/mol. The Bertz CT molecular complexity index is 397. The maximum absolute atomic E-state index is 8.85. The van der Waals surface area contributed by atoms with E-state index >= 15 is 0 Å². The van der Waals surface area contributed by atoms with Crippen LogP contribution in [-0.2, 0) is 11.4 Å². The molecule has 1 N–H and O–H groups in total. The van der Waals surface area contributed by atoms with Crippen LogP contribution in [0, 0.1) is 17.2 Å². The highest BCUT2D eigenvalue weighted by Gasteiger charge is 2.03. The number of nitrogens with zero attached hydrogens (tertiary/aromatic N) is 1. The van der Waals surface area contributed by atoms with Crippen LogP contribution in [-0.4, -0.2) is 13.7 Å². The van der Waals surface area contributed by atoms with E-state index in [9.17, 15) is 0 Å². The average molecular weight is 234 g/mol. The summed E-state index contributed by atoms with van der Waals surface area (Å²) in [4.78, 5) is 5.27. The Labute approximate surface area is 102 Å². The number of hydrogen-bond donors (Lipinski definition) is 1. The molecule has 0 saturated carbocycles. The highest BCUT2D eigenvalue weighted by Crippen LogP contribution is 2.18. The summed E-state index contributed by atoms with van der Waals surface area (Å²) < 4.78 is 5.13. The molecule has 92 valence electrons. The quantitative estimate of drug-likeness (QED) is 0.606. The lowest BCUT2D eigenvalue weighted by molar-refractivity contribution is 0.0196. The molecule has 0 heterocycles. The zero-order chi connectivity index (χ0) is 12.7. The van der Waals surface area contributed by atoms with Gasteiger partial charge in [0.2, 0.25) is 0 Å². The molecule has 4 heteroatoms. The Hall–Kier alpha value is -1.57. The van der Waals surface area contributed by atoms with Gasteiger partial charge in [0.15, 0.2) is 0 Å². The summed E-state index contributed by atoms with van der Waals surface area (Å²) in [5.41, 5.74) is 4.44. The van der Waals surface area contributed by atoms with Crippen molar-refractivity contribution < 1.29 is 9.57 Å². The first-order valence-electron chi connectivity index (χ1n) is 5.59. The van der Waals surface area contributed by atoms with E-state index in [2.05, 4.69) is 25.4 Å². The van der Waals surface area contributed by atoms with Crippen molar-refractivity contribution in [2.75, 3.05) is 13.7 Å². The van der Waals surface area contributed by atoms with E-state index in [4.69, 9.17) is 14.8 Å². The van der Waals surface area contributed by atoms with Crippen LogP contribution in [0.15, 0.2) is 18.2 Å². The van der Waals surface area contributed by atoms with Crippen LogP contribution < -0.4 is 10.2 Å². The van der Waals surface area contributed by atoms with Gasteiger partial charge in [-0.1, -0.05) is 19.9 Å². The minimum absolute atomic E-state index is 0.498. The van der Waals surface area contributed by atoms with E-state index in [0.29, 0.717) is 30.4 Å². The predicted molar refractivity (Wildman–Crippen MR) is 65.3 cm³/mol. The number of nitriles is 1. The fourth-order valence-corrected chi connectivity index (χ4v) is 1.30. The lowest BCUT2D eigenvalue weighted by atomic mass is 10.1. The first kappa shape index (κ1) is 13.5. The van der Waals surface area contributed by atoms with Gasteiger partial charge in [0.1, 0.15) is 11.8 Å². The van der Waals surface area contributed by atoms with Gasteiger partial charge in [-0.2, -0.15) is 10.7 Å². The normalized spacial score (nSPS) is 10.3. The van der Waals surface area contributed by atoms with Crippen LogP contribution >= 0.6 is 0 Å². The lowest BCUT2D eigenvalue weighted by Crippen LogP contribution is -2.17. The van der Waals surface area contributed by atoms with Crippen LogP contribution in [0.4, 0.5) is 0 Å². The Morgan fingerprint density at radius 2 is 2.18 bits per heavy atom. The number of methoxy groups -OCH3 is 1. The maximum atomic E-state index is 8.85. The number of ether oxygens (including phenoxy) is 1. The smallest absolute Gasteiger partial charge is 0.136 e. The van der Waals surface area contributed by atoms with Gasteiger partial charge in [0, 0.05) is 6.54 Å². The van der Waals surface area contributed by atoms with Crippen molar-refractivity contribution in [1.82, 2.24) is 5.48 Å². The predicted octanol–water partition coefficient (Wildman–Crippen LogP) is 2.24. The summed E-state index contributed by atoms with van der Waals surface area (Å²) in [6.07, 6.45) is 0. The Balaban J connectivity index is 2.52. The van der Waals surface area contributed by atoms with Crippen molar-refractivity contribution in [3.63, 3.8) is 0 Å². The molecule has 0 aliphatic carbocycles. The molecule has 0 aromatic heterocycles. The molecule has 0 aliphatic heterocycles. The molecule has 0 fully saturated rings. The molecule has 0 saturated heterocycles. The third-order valence-corrected chi connectivity index (χ3v) is 2.18. The van der Waals surface area contributed by atoms with Crippen molar-refractivity contribution >= 4 is 0 Å². The zero-order valence-corrected chi connectivity index (χ0v) is 10.5. The van der Waals surface area contributed by atoms with Crippen LogP contribution in [0.25, 0.3) is 0 Å². The minimum Gasteiger partial charge on any atom is -0.495 e. The molecule has 1 aromatic rings. The zero-order valence-electron chi connectivity index (χ0n) is 10.5. The van der Waals surface area contributed by atoms with Crippen LogP contribution in [0.3, 0.4) is 0 Å². The molecule has 0 aliphatic rings. The summed E-state index contributed by atoms with van der Waals surface area (Å²) in [7, 11) is 1.56. The Kier molecular flexibility index (Phi) is 5.47. The van der Waals surface area contributed by atoms with Gasteiger partial charge < -0.3 is 9.57 Å². The fourth-order valence-electron chi connectivity index (χ4n) is 1.30. The molecular formula is C13H18N2O2. The Morgan fingerprint density at radius 3 is 2.76 bits per heavy atom. The van der Waals surface area contributed by atoms with Crippen molar-refractivity contribution in [1.29, 1.82) is 5.26 Å². The fraction of sp³-hybridized carbons (Fsp3) is 0.462. The summed E-state index contributed by atoms with van der Waals surface area (Å²) in [6.45, 7) is 5.45. The maximum Gasteiger partial charge on any atom is 0.136 e. The highest BCUT2D eigenvalue weighted by molar-refractivity contribution is 5.45. The van der Waals surface area contributed by atoms with Gasteiger partial charge in [-0.05, 0) is 23.6 Å². The lowest BCUT2D eigenvalue weighted by Gasteiger charge is -2.09. The standard InChI is InChI=1S/C13H18N2O2/c1-10(2)9-17-15-8-11-4-5-12(7-14)13(6-11)16-3/h4-6,10,15H,8-9H2,1-3H3. The molecule has 0 unspecified atom stereocenters. The van der Waals surface area contributed by atoms with Gasteiger partial charge in [-0.15, -0.1) is 0 Å². The average Bonchev–Trinajstić information content (AvgIpc) is 2.34. The number of benzene rings is 1. The molecule has 1 rings (SSSR count). The van der Waals surface area contributed by atoms with E-state index in [1.165, 1.54) is 0 Å². The topological polar surface area (TPSA) is 54.3 Å². The largest absolute Gasteiger partial charge is 0.495 e. The third kappa shape index (κ3) is 4.43. The Morgan fingerprint density at radius 1 is 1.41 bits per heavy atom. The van der Waals surface area contributed by atoms with Crippen molar-refractivity contribution in [3.05, 3.63) is 29.3 Å². The highest BCUT2D eigenvalue weighted by atomic mass is 16.6. The first-order valence-corrected chi connectivity index (χ1v) is 5.59. The first-order chi connectivity index (χ1) is 8.17. The minimum atomic E-state index is 0.498. The second-order valence-electron chi connectivity index (χ2n) is 4.17. The molecule has 0 spiro atoms. The van der Waals surface area contributed by atoms with Crippen molar-refractivity contribution in [2.24, 2.45) is 5.92 Å². The van der Waals surface area contributed by atoms with Gasteiger partial charge in [0.25, 0.3) is 0 Å². The van der Waals surface area contributed by atoms with E-state index in [1.54, 1.807) is 13.2 Å². The van der Waals surface area contributed by atoms with Crippen LogP contribution in [0.5, 0.6) is 5.75 Å². The number of nitrogens with one attached hydrogen (secondary N) is 1. The summed E-state index contributed by atoms with van der Waals surface area (Å²) in [5, 5.41) is 8.85. The molecule has 0 bridgehead atoms. The molecule has 17 heavy (non-hydrogen) atoms. The van der Waals surface area contributed by atoms with Crippen molar-refractivity contribution in [3.8, 4) is 11.8 Å². The molecule has 0 radical (unpaired) electrons. The van der Waals surface area contributed by atoms with Crippen LogP contribution in [0.1, 0.15) is 25.0 Å². The number of hydroxylamine groups is 1. The molecule has 1 aromatic carbocycles. The monoisotopic (exact) mass is 234 g/mol. The molecule has 4 nitrogen and oxygen atoms in total. The van der Waals surface area contributed by atoms with Gasteiger partial charge >= 0.3 is 0 Å². The van der Waals surface area contributed by atoms with Gasteiger partial charge in [-0.25, -0.2) is 0 Å². The molecule has 0 atom stereocenters. The number of hydrogen-bond acceptors (Lipinski definition) is 4.